The molecule has 13 heavy (non-hydrogen) atoms. The average molecular weight is 179 g/mol. The van der Waals surface area contributed by atoms with Gasteiger partial charge in [0.2, 0.25) is 0 Å². The molecule has 0 aromatic heterocycles. The van der Waals surface area contributed by atoms with E-state index in [9.17, 15) is 0 Å². The fourth-order valence-electron chi connectivity index (χ4n) is 1.34. The molecule has 0 fully saturated rings. The van der Waals surface area contributed by atoms with Crippen molar-refractivity contribution in [2.24, 2.45) is 5.73 Å². The Bertz CT molecular complexity index is 310. The largest absolute Gasteiger partial charge is 0.486 e. The topological polar surface area (TPSA) is 44.5 Å². The summed E-state index contributed by atoms with van der Waals surface area (Å²) in [6.07, 6.45) is 0. The predicted octanol–water partition coefficient (Wildman–Crippen LogP) is 1.48. The molecule has 2 N–H and O–H groups in total. The van der Waals surface area contributed by atoms with Crippen LogP contribution in [0.1, 0.15) is 18.5 Å². The molecule has 70 valence electrons. The summed E-state index contributed by atoms with van der Waals surface area (Å²) >= 11 is 0. The van der Waals surface area contributed by atoms with Crippen molar-refractivity contribution in [1.29, 1.82) is 0 Å². The monoisotopic (exact) mass is 179 g/mol. The van der Waals surface area contributed by atoms with Gasteiger partial charge in [0.05, 0.1) is 0 Å². The average Bonchev–Trinajstić information content (AvgIpc) is 2.17. The van der Waals surface area contributed by atoms with Crippen molar-refractivity contribution in [3.63, 3.8) is 0 Å². The van der Waals surface area contributed by atoms with Crippen LogP contribution in [0.25, 0.3) is 0 Å². The normalized spacial score (nSPS) is 16.8. The van der Waals surface area contributed by atoms with Crippen LogP contribution in [0.2, 0.25) is 0 Å². The van der Waals surface area contributed by atoms with Gasteiger partial charge >= 0.3 is 0 Å². The minimum absolute atomic E-state index is 0.0378. The Morgan fingerprint density at radius 1 is 1.23 bits per heavy atom. The van der Waals surface area contributed by atoms with Crippen LogP contribution >= 0.6 is 0 Å². The van der Waals surface area contributed by atoms with Gasteiger partial charge in [-0.05, 0) is 24.6 Å². The van der Waals surface area contributed by atoms with Gasteiger partial charge in [-0.1, -0.05) is 6.07 Å². The molecule has 0 amide bonds. The van der Waals surface area contributed by atoms with Crippen LogP contribution < -0.4 is 15.2 Å². The zero-order valence-electron chi connectivity index (χ0n) is 7.62. The number of hydrogen-bond acceptors (Lipinski definition) is 3. The fourth-order valence-corrected chi connectivity index (χ4v) is 1.34. The third-order valence-electron chi connectivity index (χ3n) is 2.09. The zero-order chi connectivity index (χ0) is 9.26. The van der Waals surface area contributed by atoms with Gasteiger partial charge in [-0.15, -0.1) is 0 Å². The first-order valence-electron chi connectivity index (χ1n) is 4.42. The van der Waals surface area contributed by atoms with E-state index < -0.39 is 0 Å². The molecule has 1 aliphatic rings. The Balaban J connectivity index is 2.35. The van der Waals surface area contributed by atoms with Gasteiger partial charge in [-0.25, -0.2) is 0 Å². The summed E-state index contributed by atoms with van der Waals surface area (Å²) in [4.78, 5) is 0. The van der Waals surface area contributed by atoms with Crippen molar-refractivity contribution in [3.8, 4) is 11.5 Å². The van der Waals surface area contributed by atoms with Crippen LogP contribution in [0.15, 0.2) is 18.2 Å². The third kappa shape index (κ3) is 1.60. The molecule has 0 radical (unpaired) electrons. The summed E-state index contributed by atoms with van der Waals surface area (Å²) in [6, 6.07) is 5.86. The van der Waals surface area contributed by atoms with E-state index in [-0.39, 0.29) is 6.04 Å². The van der Waals surface area contributed by atoms with Crippen molar-refractivity contribution in [1.82, 2.24) is 0 Å². The molecule has 3 nitrogen and oxygen atoms in total. The molecule has 0 spiro atoms. The van der Waals surface area contributed by atoms with Crippen LogP contribution in [-0.2, 0) is 0 Å². The van der Waals surface area contributed by atoms with Gasteiger partial charge in [0.15, 0.2) is 11.5 Å². The highest BCUT2D eigenvalue weighted by Crippen LogP contribution is 2.31. The van der Waals surface area contributed by atoms with Crippen LogP contribution in [0, 0.1) is 0 Å². The lowest BCUT2D eigenvalue weighted by Crippen LogP contribution is -2.16. The van der Waals surface area contributed by atoms with Gasteiger partial charge in [0.25, 0.3) is 0 Å². The second kappa shape index (κ2) is 3.26. The van der Waals surface area contributed by atoms with Gasteiger partial charge in [-0.3, -0.25) is 0 Å². The number of benzene rings is 1. The number of nitrogens with two attached hydrogens (primary N) is 1. The van der Waals surface area contributed by atoms with Gasteiger partial charge in [0, 0.05) is 6.04 Å². The molecule has 0 bridgehead atoms. The summed E-state index contributed by atoms with van der Waals surface area (Å²) in [5, 5.41) is 0. The van der Waals surface area contributed by atoms with Gasteiger partial charge in [0.1, 0.15) is 13.2 Å². The molecule has 0 saturated heterocycles. The third-order valence-corrected chi connectivity index (χ3v) is 2.09. The van der Waals surface area contributed by atoms with Crippen molar-refractivity contribution >= 4 is 0 Å². The maximum atomic E-state index is 5.75. The van der Waals surface area contributed by atoms with Crippen LogP contribution in [-0.4, -0.2) is 13.2 Å². The van der Waals surface area contributed by atoms with E-state index >= 15 is 0 Å². The van der Waals surface area contributed by atoms with Crippen LogP contribution in [0.5, 0.6) is 11.5 Å². The van der Waals surface area contributed by atoms with E-state index in [0.717, 1.165) is 17.1 Å². The van der Waals surface area contributed by atoms with E-state index in [2.05, 4.69) is 0 Å². The quantitative estimate of drug-likeness (QED) is 0.710. The Morgan fingerprint density at radius 2 is 1.92 bits per heavy atom. The van der Waals surface area contributed by atoms with Gasteiger partial charge < -0.3 is 15.2 Å². The Morgan fingerprint density at radius 3 is 2.62 bits per heavy atom. The first-order valence-corrected chi connectivity index (χ1v) is 4.42. The summed E-state index contributed by atoms with van der Waals surface area (Å²) in [5.74, 6) is 1.62. The molecule has 1 aliphatic heterocycles. The van der Waals surface area contributed by atoms with E-state index in [0.29, 0.717) is 13.2 Å². The molecule has 2 rings (SSSR count). The van der Waals surface area contributed by atoms with Crippen molar-refractivity contribution in [3.05, 3.63) is 23.8 Å². The van der Waals surface area contributed by atoms with E-state index in [1.807, 2.05) is 25.1 Å². The zero-order valence-corrected chi connectivity index (χ0v) is 7.62. The van der Waals surface area contributed by atoms with Crippen LogP contribution in [0.3, 0.4) is 0 Å². The van der Waals surface area contributed by atoms with E-state index in [1.165, 1.54) is 0 Å². The summed E-state index contributed by atoms with van der Waals surface area (Å²) in [7, 11) is 0. The Hall–Kier alpha value is -1.22. The molecule has 0 aliphatic carbocycles. The van der Waals surface area contributed by atoms with Crippen molar-refractivity contribution in [2.45, 2.75) is 13.0 Å². The highest BCUT2D eigenvalue weighted by molar-refractivity contribution is 5.44. The molecule has 1 heterocycles. The lowest BCUT2D eigenvalue weighted by Gasteiger charge is -2.19. The maximum Gasteiger partial charge on any atom is 0.161 e. The lowest BCUT2D eigenvalue weighted by atomic mass is 10.1. The highest BCUT2D eigenvalue weighted by Gasteiger charge is 2.12. The lowest BCUT2D eigenvalue weighted by molar-refractivity contribution is 0.171. The molecule has 3 heteroatoms. The predicted molar refractivity (Wildman–Crippen MR) is 50.0 cm³/mol. The first kappa shape index (κ1) is 8.38. The molecule has 1 aromatic carbocycles. The van der Waals surface area contributed by atoms with E-state index in [1.54, 1.807) is 0 Å². The standard InChI is InChI=1S/C10H13NO2/c1-7(11)8-2-3-9-10(6-8)13-5-4-12-9/h2-3,6-7H,4-5,11H2,1H3/t7-/m1/s1. The molecule has 0 unspecified atom stereocenters. The highest BCUT2D eigenvalue weighted by atomic mass is 16.6. The fraction of sp³-hybridized carbons (Fsp3) is 0.400. The number of rotatable bonds is 1. The maximum absolute atomic E-state index is 5.75. The Kier molecular flexibility index (Phi) is 2.10. The first-order chi connectivity index (χ1) is 6.27. The molecular formula is C10H13NO2. The number of hydrogen-bond donors (Lipinski definition) is 1. The minimum atomic E-state index is 0.0378. The van der Waals surface area contributed by atoms with Gasteiger partial charge in [-0.2, -0.15) is 0 Å². The minimum Gasteiger partial charge on any atom is -0.486 e. The second-order valence-electron chi connectivity index (χ2n) is 3.19. The van der Waals surface area contributed by atoms with Crippen LogP contribution in [0.4, 0.5) is 0 Å². The summed E-state index contributed by atoms with van der Waals surface area (Å²) in [5.41, 5.74) is 6.82. The number of fused-ring (bicyclic) bond motifs is 1. The molecule has 1 aromatic rings. The van der Waals surface area contributed by atoms with Crippen molar-refractivity contribution in [2.75, 3.05) is 13.2 Å². The molecule has 1 atom stereocenters. The second-order valence-corrected chi connectivity index (χ2v) is 3.19. The number of ether oxygens (including phenoxy) is 2. The molecular weight excluding hydrogens is 166 g/mol. The SMILES string of the molecule is C[C@@H](N)c1ccc2c(c1)OCCO2. The van der Waals surface area contributed by atoms with Crippen molar-refractivity contribution < 1.29 is 9.47 Å². The Labute approximate surface area is 77.5 Å². The molecule has 0 saturated carbocycles. The summed E-state index contributed by atoms with van der Waals surface area (Å²) < 4.78 is 10.8. The summed E-state index contributed by atoms with van der Waals surface area (Å²) in [6.45, 7) is 3.20. The van der Waals surface area contributed by atoms with E-state index in [4.69, 9.17) is 15.2 Å². The smallest absolute Gasteiger partial charge is 0.161 e.